The van der Waals surface area contributed by atoms with Gasteiger partial charge in [-0.3, -0.25) is 5.84 Å². The number of halogens is 2. The van der Waals surface area contributed by atoms with Crippen molar-refractivity contribution in [3.8, 4) is 0 Å². The van der Waals surface area contributed by atoms with Crippen molar-refractivity contribution in [3.63, 3.8) is 0 Å². The zero-order chi connectivity index (χ0) is 13.8. The minimum absolute atomic E-state index is 0.0136. The van der Waals surface area contributed by atoms with Crippen LogP contribution in [-0.2, 0) is 6.42 Å². The molecule has 0 amide bonds. The van der Waals surface area contributed by atoms with Crippen LogP contribution in [0.2, 0.25) is 0 Å². The average Bonchev–Trinajstić information content (AvgIpc) is 2.39. The van der Waals surface area contributed by atoms with Crippen molar-refractivity contribution in [1.29, 1.82) is 0 Å². The summed E-state index contributed by atoms with van der Waals surface area (Å²) in [4.78, 5) is 0. The van der Waals surface area contributed by atoms with Crippen molar-refractivity contribution in [2.24, 2.45) is 5.84 Å². The minimum atomic E-state index is -0.0136. The van der Waals surface area contributed by atoms with E-state index in [1.807, 2.05) is 6.07 Å². The van der Waals surface area contributed by atoms with Gasteiger partial charge in [0.15, 0.2) is 0 Å². The Labute approximate surface area is 130 Å². The number of hydrazine groups is 1. The summed E-state index contributed by atoms with van der Waals surface area (Å²) in [7, 11) is 0. The van der Waals surface area contributed by atoms with Crippen LogP contribution >= 0.6 is 31.9 Å². The predicted molar refractivity (Wildman–Crippen MR) is 86.8 cm³/mol. The molecule has 100 valence electrons. The first-order chi connectivity index (χ1) is 9.13. The van der Waals surface area contributed by atoms with Crippen LogP contribution < -0.4 is 11.3 Å². The van der Waals surface area contributed by atoms with Crippen LogP contribution in [0.4, 0.5) is 0 Å². The molecule has 0 spiro atoms. The van der Waals surface area contributed by atoms with Crippen LogP contribution in [0.1, 0.15) is 29.7 Å². The first-order valence-electron chi connectivity index (χ1n) is 6.15. The van der Waals surface area contributed by atoms with Gasteiger partial charge in [-0.25, -0.2) is 5.43 Å². The maximum absolute atomic E-state index is 5.75. The average molecular weight is 384 g/mol. The molecule has 19 heavy (non-hydrogen) atoms. The van der Waals surface area contributed by atoms with E-state index in [-0.39, 0.29) is 6.04 Å². The van der Waals surface area contributed by atoms with Crippen LogP contribution in [0.15, 0.2) is 51.4 Å². The molecule has 2 rings (SSSR count). The van der Waals surface area contributed by atoms with Crippen molar-refractivity contribution in [2.75, 3.05) is 0 Å². The van der Waals surface area contributed by atoms with Gasteiger partial charge >= 0.3 is 0 Å². The summed E-state index contributed by atoms with van der Waals surface area (Å²) in [5.74, 6) is 5.75. The topological polar surface area (TPSA) is 38.0 Å². The highest BCUT2D eigenvalue weighted by Gasteiger charge is 2.13. The van der Waals surface area contributed by atoms with Crippen LogP contribution in [0, 0.1) is 0 Å². The third-order valence-electron chi connectivity index (χ3n) is 3.08. The quantitative estimate of drug-likeness (QED) is 0.609. The fourth-order valence-electron chi connectivity index (χ4n) is 2.12. The van der Waals surface area contributed by atoms with Crippen LogP contribution in [-0.4, -0.2) is 0 Å². The number of aryl methyl sites for hydroxylation is 1. The maximum atomic E-state index is 5.75. The van der Waals surface area contributed by atoms with E-state index in [4.69, 9.17) is 5.84 Å². The van der Waals surface area contributed by atoms with Gasteiger partial charge in [0.2, 0.25) is 0 Å². The highest BCUT2D eigenvalue weighted by Crippen LogP contribution is 2.28. The molecule has 0 heterocycles. The van der Waals surface area contributed by atoms with Gasteiger partial charge in [0.1, 0.15) is 0 Å². The first kappa shape index (κ1) is 14.7. The fraction of sp³-hybridized carbons (Fsp3) is 0.200. The summed E-state index contributed by atoms with van der Waals surface area (Å²) in [5.41, 5.74) is 6.51. The smallest absolute Gasteiger partial charge is 0.0710 e. The molecule has 0 saturated heterocycles. The number of hydrogen-bond donors (Lipinski definition) is 2. The van der Waals surface area contributed by atoms with Crippen molar-refractivity contribution in [1.82, 2.24) is 5.43 Å². The van der Waals surface area contributed by atoms with E-state index in [0.29, 0.717) is 0 Å². The van der Waals surface area contributed by atoms with Gasteiger partial charge in [0.25, 0.3) is 0 Å². The lowest BCUT2D eigenvalue weighted by atomic mass is 9.97. The van der Waals surface area contributed by atoms with E-state index in [1.54, 1.807) is 0 Å². The molecule has 3 N–H and O–H groups in total. The third-order valence-corrected chi connectivity index (χ3v) is 3.99. The second kappa shape index (κ2) is 6.66. The molecule has 0 saturated carbocycles. The molecule has 0 aromatic heterocycles. The van der Waals surface area contributed by atoms with Crippen LogP contribution in [0.3, 0.4) is 0 Å². The molecule has 2 aromatic rings. The third kappa shape index (κ3) is 3.66. The molecule has 0 fully saturated rings. The molecule has 0 aliphatic carbocycles. The van der Waals surface area contributed by atoms with E-state index in [2.05, 4.69) is 80.6 Å². The van der Waals surface area contributed by atoms with E-state index < -0.39 is 0 Å². The lowest BCUT2D eigenvalue weighted by Crippen LogP contribution is -2.28. The largest absolute Gasteiger partial charge is 0.271 e. The Bertz CT molecular complexity index is 550. The summed E-state index contributed by atoms with van der Waals surface area (Å²) < 4.78 is 2.06. The van der Waals surface area contributed by atoms with Crippen LogP contribution in [0.5, 0.6) is 0 Å². The Balaban J connectivity index is 2.43. The zero-order valence-electron chi connectivity index (χ0n) is 10.7. The van der Waals surface area contributed by atoms with E-state index in [1.165, 1.54) is 11.1 Å². The number of nitrogens with one attached hydrogen (secondary N) is 1. The maximum Gasteiger partial charge on any atom is 0.0710 e. The molecule has 1 unspecified atom stereocenters. The summed E-state index contributed by atoms with van der Waals surface area (Å²) in [6.07, 6.45) is 1.02. The monoisotopic (exact) mass is 382 g/mol. The van der Waals surface area contributed by atoms with Gasteiger partial charge < -0.3 is 0 Å². The molecule has 0 aliphatic heterocycles. The molecule has 0 bridgehead atoms. The van der Waals surface area contributed by atoms with E-state index in [9.17, 15) is 0 Å². The van der Waals surface area contributed by atoms with Crippen molar-refractivity contribution in [2.45, 2.75) is 19.4 Å². The Morgan fingerprint density at radius 1 is 1.05 bits per heavy atom. The van der Waals surface area contributed by atoms with Gasteiger partial charge in [-0.2, -0.15) is 0 Å². The second-order valence-corrected chi connectivity index (χ2v) is 6.23. The zero-order valence-corrected chi connectivity index (χ0v) is 13.8. The number of nitrogens with two attached hydrogens (primary N) is 1. The Morgan fingerprint density at radius 2 is 1.74 bits per heavy atom. The van der Waals surface area contributed by atoms with Crippen LogP contribution in [0.25, 0.3) is 0 Å². The van der Waals surface area contributed by atoms with E-state index >= 15 is 0 Å². The fourth-order valence-corrected chi connectivity index (χ4v) is 3.45. The Kier molecular flexibility index (Phi) is 5.16. The number of benzene rings is 2. The Morgan fingerprint density at radius 3 is 2.32 bits per heavy atom. The van der Waals surface area contributed by atoms with Crippen molar-refractivity contribution in [3.05, 3.63) is 68.1 Å². The van der Waals surface area contributed by atoms with Gasteiger partial charge in [-0.15, -0.1) is 0 Å². The second-order valence-electron chi connectivity index (χ2n) is 4.40. The van der Waals surface area contributed by atoms with Crippen molar-refractivity contribution >= 4 is 31.9 Å². The molecule has 0 aliphatic rings. The summed E-state index contributed by atoms with van der Waals surface area (Å²) in [6, 6.07) is 14.7. The Hall–Kier alpha value is -0.680. The molecular weight excluding hydrogens is 368 g/mol. The molecule has 4 heteroatoms. The predicted octanol–water partition coefficient (Wildman–Crippen LogP) is 4.33. The standard InChI is InChI=1S/C15H16Br2N2/c1-2-10-4-3-5-11(6-10)15(19-18)12-7-13(16)9-14(17)8-12/h3-9,15,19H,2,18H2,1H3. The normalized spacial score (nSPS) is 12.4. The SMILES string of the molecule is CCc1cccc(C(NN)c2cc(Br)cc(Br)c2)c1. The van der Waals surface area contributed by atoms with Gasteiger partial charge in [-0.1, -0.05) is 63.0 Å². The lowest BCUT2D eigenvalue weighted by molar-refractivity contribution is 0.635. The number of rotatable bonds is 4. The van der Waals surface area contributed by atoms with Crippen molar-refractivity contribution < 1.29 is 0 Å². The molecular formula is C15H16Br2N2. The first-order valence-corrected chi connectivity index (χ1v) is 7.73. The highest BCUT2D eigenvalue weighted by molar-refractivity contribution is 9.11. The summed E-state index contributed by atoms with van der Waals surface area (Å²) in [5, 5.41) is 0. The van der Waals surface area contributed by atoms with Gasteiger partial charge in [-0.05, 0) is 41.3 Å². The molecule has 2 aromatic carbocycles. The van der Waals surface area contributed by atoms with Gasteiger partial charge in [0, 0.05) is 8.95 Å². The lowest BCUT2D eigenvalue weighted by Gasteiger charge is -2.18. The van der Waals surface area contributed by atoms with Gasteiger partial charge in [0.05, 0.1) is 6.04 Å². The molecule has 1 atom stereocenters. The highest BCUT2D eigenvalue weighted by atomic mass is 79.9. The molecule has 0 radical (unpaired) electrons. The number of hydrogen-bond acceptors (Lipinski definition) is 2. The summed E-state index contributed by atoms with van der Waals surface area (Å²) >= 11 is 7.03. The summed E-state index contributed by atoms with van der Waals surface area (Å²) in [6.45, 7) is 2.15. The molecule has 2 nitrogen and oxygen atoms in total. The minimum Gasteiger partial charge on any atom is -0.271 e. The van der Waals surface area contributed by atoms with E-state index in [0.717, 1.165) is 20.9 Å².